The third kappa shape index (κ3) is 2.87. The average Bonchev–Trinajstić information content (AvgIpc) is 2.13. The largest absolute Gasteiger partial charge is 0.425 e. The Bertz CT molecular complexity index is 462. The molecular formula is C7H2BrF5N2O2. The van der Waals surface area contributed by atoms with Gasteiger partial charge in [-0.25, -0.2) is 13.8 Å². The molecule has 1 aromatic heterocycles. The average molecular weight is 321 g/mol. The smallest absolute Gasteiger partial charge is 0.258 e. The summed E-state index contributed by atoms with van der Waals surface area (Å²) >= 11 is 2.30. The van der Waals surface area contributed by atoms with Crippen LogP contribution in [0.1, 0.15) is 17.7 Å². The number of rotatable bonds is 2. The highest BCUT2D eigenvalue weighted by molar-refractivity contribution is 9.10. The molecule has 1 heterocycles. The summed E-state index contributed by atoms with van der Waals surface area (Å²) in [5.74, 6) is 0. The zero-order chi connectivity index (χ0) is 13.4. The second-order valence-electron chi connectivity index (χ2n) is 2.79. The minimum absolute atomic E-state index is 0.109. The number of pyridine rings is 1. The molecule has 0 atom stereocenters. The molecule has 10 heteroatoms. The van der Waals surface area contributed by atoms with Crippen LogP contribution >= 0.6 is 15.9 Å². The van der Waals surface area contributed by atoms with Crippen LogP contribution in [0.2, 0.25) is 0 Å². The van der Waals surface area contributed by atoms with Gasteiger partial charge in [0.15, 0.2) is 5.56 Å². The van der Waals surface area contributed by atoms with Crippen LogP contribution < -0.4 is 0 Å². The standard InChI is InChI=1S/C7H2BrF5N2O2/c8-5-4(7(11,12)13)3(15(16)17)1-2(14-5)6(9)10/h1,6H. The molecular weight excluding hydrogens is 319 g/mol. The minimum Gasteiger partial charge on any atom is -0.258 e. The van der Waals surface area contributed by atoms with Crippen LogP contribution in [0.25, 0.3) is 0 Å². The van der Waals surface area contributed by atoms with Gasteiger partial charge in [-0.1, -0.05) is 0 Å². The van der Waals surface area contributed by atoms with Crippen molar-refractivity contribution in [2.45, 2.75) is 12.6 Å². The van der Waals surface area contributed by atoms with Gasteiger partial charge in [0.1, 0.15) is 10.3 Å². The Kier molecular flexibility index (Phi) is 3.65. The van der Waals surface area contributed by atoms with Crippen LogP contribution in [0.4, 0.5) is 27.6 Å². The van der Waals surface area contributed by atoms with E-state index in [9.17, 15) is 32.1 Å². The Balaban J connectivity index is 3.56. The molecule has 0 saturated heterocycles. The fourth-order valence-corrected chi connectivity index (χ4v) is 1.67. The van der Waals surface area contributed by atoms with Gasteiger partial charge in [0, 0.05) is 6.07 Å². The Morgan fingerprint density at radius 3 is 2.29 bits per heavy atom. The van der Waals surface area contributed by atoms with Crippen LogP contribution in [0.3, 0.4) is 0 Å². The van der Waals surface area contributed by atoms with E-state index in [1.807, 2.05) is 0 Å². The zero-order valence-electron chi connectivity index (χ0n) is 7.63. The summed E-state index contributed by atoms with van der Waals surface area (Å²) in [5, 5.41) is 10.4. The fraction of sp³-hybridized carbons (Fsp3) is 0.286. The lowest BCUT2D eigenvalue weighted by Crippen LogP contribution is -2.12. The Morgan fingerprint density at radius 1 is 1.41 bits per heavy atom. The van der Waals surface area contributed by atoms with Crippen LogP contribution in [-0.2, 0) is 6.18 Å². The van der Waals surface area contributed by atoms with Gasteiger partial charge < -0.3 is 0 Å². The van der Waals surface area contributed by atoms with Crippen molar-refractivity contribution < 1.29 is 26.9 Å². The van der Waals surface area contributed by atoms with Gasteiger partial charge >= 0.3 is 6.18 Å². The molecule has 94 valence electrons. The third-order valence-corrected chi connectivity index (χ3v) is 2.25. The summed E-state index contributed by atoms with van der Waals surface area (Å²) in [6.45, 7) is 0. The lowest BCUT2D eigenvalue weighted by atomic mass is 10.2. The van der Waals surface area contributed by atoms with E-state index in [0.29, 0.717) is 0 Å². The van der Waals surface area contributed by atoms with Crippen molar-refractivity contribution >= 4 is 21.6 Å². The van der Waals surface area contributed by atoms with E-state index in [-0.39, 0.29) is 6.07 Å². The summed E-state index contributed by atoms with van der Waals surface area (Å²) in [6.07, 6.45) is -8.26. The van der Waals surface area contributed by atoms with Crippen LogP contribution in [0.5, 0.6) is 0 Å². The maximum atomic E-state index is 12.4. The summed E-state index contributed by atoms with van der Waals surface area (Å²) in [6, 6.07) is 0.109. The molecule has 0 N–H and O–H groups in total. The van der Waals surface area contributed by atoms with Crippen molar-refractivity contribution in [3.8, 4) is 0 Å². The number of alkyl halides is 5. The highest BCUT2D eigenvalue weighted by Crippen LogP contribution is 2.41. The van der Waals surface area contributed by atoms with E-state index >= 15 is 0 Å². The molecule has 0 radical (unpaired) electrons. The van der Waals surface area contributed by atoms with Crippen LogP contribution in [-0.4, -0.2) is 9.91 Å². The van der Waals surface area contributed by atoms with Gasteiger partial charge in [0.25, 0.3) is 12.1 Å². The van der Waals surface area contributed by atoms with E-state index in [1.54, 1.807) is 0 Å². The van der Waals surface area contributed by atoms with Gasteiger partial charge in [-0.2, -0.15) is 13.2 Å². The van der Waals surface area contributed by atoms with Gasteiger partial charge in [-0.3, -0.25) is 10.1 Å². The molecule has 1 aromatic rings. The first-order valence-electron chi connectivity index (χ1n) is 3.84. The molecule has 0 aliphatic carbocycles. The Morgan fingerprint density at radius 2 is 1.94 bits per heavy atom. The molecule has 0 amide bonds. The van der Waals surface area contributed by atoms with Crippen molar-refractivity contribution in [2.75, 3.05) is 0 Å². The molecule has 0 bridgehead atoms. The van der Waals surface area contributed by atoms with Gasteiger partial charge in [0.2, 0.25) is 0 Å². The molecule has 1 rings (SSSR count). The molecule has 0 aliphatic heterocycles. The lowest BCUT2D eigenvalue weighted by molar-refractivity contribution is -0.388. The van der Waals surface area contributed by atoms with Crippen LogP contribution in [0.15, 0.2) is 10.7 Å². The van der Waals surface area contributed by atoms with E-state index < -0.39 is 39.1 Å². The number of halogens is 6. The number of aromatic nitrogens is 1. The first kappa shape index (κ1) is 13.7. The van der Waals surface area contributed by atoms with Crippen molar-refractivity contribution in [3.63, 3.8) is 0 Å². The summed E-state index contributed by atoms with van der Waals surface area (Å²) in [4.78, 5) is 11.9. The highest BCUT2D eigenvalue weighted by Gasteiger charge is 2.42. The van der Waals surface area contributed by atoms with Crippen molar-refractivity contribution in [1.29, 1.82) is 0 Å². The summed E-state index contributed by atoms with van der Waals surface area (Å²) in [7, 11) is 0. The topological polar surface area (TPSA) is 56.0 Å². The quantitative estimate of drug-likeness (QED) is 0.361. The van der Waals surface area contributed by atoms with E-state index in [4.69, 9.17) is 0 Å². The SMILES string of the molecule is O=[N+]([O-])c1cc(C(F)F)nc(Br)c1C(F)(F)F. The van der Waals surface area contributed by atoms with Gasteiger partial charge in [-0.05, 0) is 15.9 Å². The van der Waals surface area contributed by atoms with Gasteiger partial charge in [-0.15, -0.1) is 0 Å². The number of hydrogen-bond acceptors (Lipinski definition) is 3. The molecule has 0 aromatic carbocycles. The molecule has 0 spiro atoms. The minimum atomic E-state index is -5.06. The molecule has 0 aliphatic rings. The molecule has 0 fully saturated rings. The molecule has 0 unspecified atom stereocenters. The predicted octanol–water partition coefficient (Wildman–Crippen LogP) is 3.71. The maximum absolute atomic E-state index is 12.4. The maximum Gasteiger partial charge on any atom is 0.425 e. The second-order valence-corrected chi connectivity index (χ2v) is 3.54. The Labute approximate surface area is 98.7 Å². The molecule has 0 saturated carbocycles. The highest BCUT2D eigenvalue weighted by atomic mass is 79.9. The van der Waals surface area contributed by atoms with Crippen LogP contribution in [0, 0.1) is 10.1 Å². The Hall–Kier alpha value is -1.32. The molecule has 17 heavy (non-hydrogen) atoms. The van der Waals surface area contributed by atoms with Gasteiger partial charge in [0.05, 0.1) is 4.92 Å². The van der Waals surface area contributed by atoms with Crippen molar-refractivity contribution in [2.24, 2.45) is 0 Å². The predicted molar refractivity (Wildman–Crippen MR) is 48.6 cm³/mol. The number of nitrogens with zero attached hydrogens (tertiary/aromatic N) is 2. The molecule has 4 nitrogen and oxygen atoms in total. The van der Waals surface area contributed by atoms with Crippen molar-refractivity contribution in [1.82, 2.24) is 4.98 Å². The van der Waals surface area contributed by atoms with E-state index in [1.165, 1.54) is 0 Å². The first-order chi connectivity index (χ1) is 7.64. The van der Waals surface area contributed by atoms with Crippen molar-refractivity contribution in [3.05, 3.63) is 32.0 Å². The number of nitro groups is 1. The number of hydrogen-bond donors (Lipinski definition) is 0. The monoisotopic (exact) mass is 320 g/mol. The fourth-order valence-electron chi connectivity index (χ4n) is 1.04. The second kappa shape index (κ2) is 4.51. The zero-order valence-corrected chi connectivity index (χ0v) is 9.22. The summed E-state index contributed by atoms with van der Waals surface area (Å²) in [5.41, 5.74) is -4.25. The summed E-state index contributed by atoms with van der Waals surface area (Å²) < 4.78 is 60.8. The normalized spacial score (nSPS) is 11.9. The lowest BCUT2D eigenvalue weighted by Gasteiger charge is -2.10. The third-order valence-electron chi connectivity index (χ3n) is 1.68. The van der Waals surface area contributed by atoms with E-state index in [2.05, 4.69) is 20.9 Å². The van der Waals surface area contributed by atoms with E-state index in [0.717, 1.165) is 0 Å². The first-order valence-corrected chi connectivity index (χ1v) is 4.64.